The molecule has 1 atom stereocenters. The lowest BCUT2D eigenvalue weighted by Gasteiger charge is -2.13. The third-order valence-electron chi connectivity index (χ3n) is 2.60. The molecule has 1 heterocycles. The van der Waals surface area contributed by atoms with Crippen molar-refractivity contribution in [2.75, 3.05) is 11.1 Å². The summed E-state index contributed by atoms with van der Waals surface area (Å²) in [6.07, 6.45) is -0.599. The fourth-order valence-corrected chi connectivity index (χ4v) is 3.25. The summed E-state index contributed by atoms with van der Waals surface area (Å²) in [4.78, 5) is 12.1. The van der Waals surface area contributed by atoms with Gasteiger partial charge < -0.3 is 4.74 Å². The average molecular weight is 337 g/mol. The lowest BCUT2D eigenvalue weighted by molar-refractivity contribution is -0.122. The van der Waals surface area contributed by atoms with E-state index in [-0.39, 0.29) is 5.91 Å². The highest BCUT2D eigenvalue weighted by atomic mass is 32.2. The summed E-state index contributed by atoms with van der Waals surface area (Å²) in [6, 6.07) is 9.26. The molecule has 0 bridgehead atoms. The normalized spacial score (nSPS) is 12.2. The minimum absolute atomic E-state index is 0.236. The Hall–Kier alpha value is -1.60. The molecule has 1 N–H and O–H groups in total. The van der Waals surface area contributed by atoms with Gasteiger partial charge in [0.05, 0.1) is 0 Å². The molecule has 7 heteroatoms. The van der Waals surface area contributed by atoms with Crippen LogP contribution in [-0.4, -0.2) is 28.0 Å². The molecule has 1 aromatic carbocycles. The van der Waals surface area contributed by atoms with Crippen molar-refractivity contribution >= 4 is 34.1 Å². The van der Waals surface area contributed by atoms with Crippen LogP contribution in [0.1, 0.15) is 20.8 Å². The van der Waals surface area contributed by atoms with E-state index in [1.807, 2.05) is 30.3 Å². The Morgan fingerprint density at radius 1 is 1.27 bits per heavy atom. The number of anilines is 1. The monoisotopic (exact) mass is 337 g/mol. The van der Waals surface area contributed by atoms with Crippen molar-refractivity contribution in [1.82, 2.24) is 10.2 Å². The van der Waals surface area contributed by atoms with Crippen molar-refractivity contribution in [2.24, 2.45) is 5.92 Å². The number of carbonyl (C=O) groups is 1. The van der Waals surface area contributed by atoms with Crippen LogP contribution in [0.3, 0.4) is 0 Å². The maximum atomic E-state index is 12.1. The van der Waals surface area contributed by atoms with Gasteiger partial charge in [0.2, 0.25) is 5.13 Å². The number of aromatic nitrogens is 2. The van der Waals surface area contributed by atoms with Gasteiger partial charge in [-0.1, -0.05) is 55.1 Å². The molecular weight excluding hydrogens is 318 g/mol. The molecule has 2 rings (SSSR count). The molecule has 0 aliphatic rings. The van der Waals surface area contributed by atoms with Crippen LogP contribution in [0.15, 0.2) is 34.7 Å². The molecule has 0 saturated carbocycles. The van der Waals surface area contributed by atoms with E-state index in [1.165, 1.54) is 11.3 Å². The number of nitrogens with one attached hydrogen (secondary N) is 1. The third kappa shape index (κ3) is 5.31. The predicted molar refractivity (Wildman–Crippen MR) is 90.6 cm³/mol. The van der Waals surface area contributed by atoms with Crippen molar-refractivity contribution in [3.63, 3.8) is 0 Å². The van der Waals surface area contributed by atoms with Gasteiger partial charge in [-0.2, -0.15) is 0 Å². The van der Waals surface area contributed by atoms with Gasteiger partial charge in [0.25, 0.3) is 5.91 Å². The summed E-state index contributed by atoms with van der Waals surface area (Å²) in [7, 11) is 0. The van der Waals surface area contributed by atoms with Crippen LogP contribution in [0.4, 0.5) is 5.13 Å². The quantitative estimate of drug-likeness (QED) is 0.616. The Bertz CT molecular complexity index is 602. The maximum Gasteiger partial charge on any atom is 0.266 e. The van der Waals surface area contributed by atoms with Crippen LogP contribution >= 0.6 is 23.1 Å². The largest absolute Gasteiger partial charge is 0.481 e. The zero-order valence-corrected chi connectivity index (χ0v) is 14.4. The minimum atomic E-state index is -0.599. The molecule has 0 saturated heterocycles. The number of thioether (sulfide) groups is 1. The number of ether oxygens (including phenoxy) is 1. The highest BCUT2D eigenvalue weighted by Gasteiger charge is 2.17. The molecule has 5 nitrogen and oxygen atoms in total. The lowest BCUT2D eigenvalue weighted by Crippen LogP contribution is -2.30. The van der Waals surface area contributed by atoms with Crippen LogP contribution in [0.5, 0.6) is 5.75 Å². The minimum Gasteiger partial charge on any atom is -0.481 e. The van der Waals surface area contributed by atoms with Crippen LogP contribution in [0, 0.1) is 5.92 Å². The van der Waals surface area contributed by atoms with Crippen LogP contribution in [0.25, 0.3) is 0 Å². The predicted octanol–water partition coefficient (Wildman–Crippen LogP) is 3.69. The van der Waals surface area contributed by atoms with Crippen molar-refractivity contribution in [2.45, 2.75) is 31.2 Å². The van der Waals surface area contributed by atoms with Crippen molar-refractivity contribution in [1.29, 1.82) is 0 Å². The second-order valence-electron chi connectivity index (χ2n) is 5.14. The van der Waals surface area contributed by atoms with E-state index in [0.717, 1.165) is 10.1 Å². The highest BCUT2D eigenvalue weighted by Crippen LogP contribution is 2.27. The van der Waals surface area contributed by atoms with Gasteiger partial charge in [0, 0.05) is 5.75 Å². The highest BCUT2D eigenvalue weighted by molar-refractivity contribution is 8.01. The Labute approximate surface area is 138 Å². The van der Waals surface area contributed by atoms with Crippen LogP contribution in [-0.2, 0) is 4.79 Å². The number of hydrogen-bond acceptors (Lipinski definition) is 6. The van der Waals surface area contributed by atoms with Gasteiger partial charge >= 0.3 is 0 Å². The number of benzene rings is 1. The Kier molecular flexibility index (Phi) is 6.21. The standard InChI is InChI=1S/C15H19N3O2S2/c1-10(2)9-21-15-18-17-14(22-15)16-13(19)11(3)20-12-7-5-4-6-8-12/h4-8,10-11H,9H2,1-3H3,(H,16,17,19)/t11-/m1/s1. The van der Waals surface area contributed by atoms with E-state index in [1.54, 1.807) is 18.7 Å². The van der Waals surface area contributed by atoms with Gasteiger partial charge in [0.1, 0.15) is 5.75 Å². The first-order valence-corrected chi connectivity index (χ1v) is 8.83. The molecule has 0 radical (unpaired) electrons. The Morgan fingerprint density at radius 3 is 2.68 bits per heavy atom. The summed E-state index contributed by atoms with van der Waals surface area (Å²) < 4.78 is 6.43. The van der Waals surface area contributed by atoms with Crippen molar-refractivity contribution < 1.29 is 9.53 Å². The molecule has 0 aliphatic carbocycles. The summed E-state index contributed by atoms with van der Waals surface area (Å²) in [5.41, 5.74) is 0. The van der Waals surface area contributed by atoms with E-state index in [2.05, 4.69) is 29.4 Å². The molecule has 22 heavy (non-hydrogen) atoms. The van der Waals surface area contributed by atoms with Crippen LogP contribution in [0.2, 0.25) is 0 Å². The van der Waals surface area contributed by atoms with Crippen molar-refractivity contribution in [3.05, 3.63) is 30.3 Å². The summed E-state index contributed by atoms with van der Waals surface area (Å²) in [5, 5.41) is 11.3. The Balaban J connectivity index is 1.86. The lowest BCUT2D eigenvalue weighted by atomic mass is 10.3. The molecule has 2 aromatic rings. The molecule has 0 unspecified atom stereocenters. The molecule has 0 aliphatic heterocycles. The van der Waals surface area contributed by atoms with Crippen molar-refractivity contribution in [3.8, 4) is 5.75 Å². The summed E-state index contributed by atoms with van der Waals surface area (Å²) in [5.74, 6) is 2.00. The first kappa shape index (κ1) is 16.8. The fraction of sp³-hybridized carbons (Fsp3) is 0.400. The zero-order valence-electron chi connectivity index (χ0n) is 12.8. The van der Waals surface area contributed by atoms with E-state index < -0.39 is 6.10 Å². The fourth-order valence-electron chi connectivity index (χ4n) is 1.52. The number of amides is 1. The van der Waals surface area contributed by atoms with E-state index in [4.69, 9.17) is 4.74 Å². The number of hydrogen-bond donors (Lipinski definition) is 1. The van der Waals surface area contributed by atoms with Gasteiger partial charge in [-0.25, -0.2) is 0 Å². The van der Waals surface area contributed by atoms with E-state index in [9.17, 15) is 4.79 Å². The molecule has 118 valence electrons. The topological polar surface area (TPSA) is 64.1 Å². The van der Waals surface area contributed by atoms with E-state index in [0.29, 0.717) is 16.8 Å². The van der Waals surface area contributed by atoms with Gasteiger partial charge in [0.15, 0.2) is 10.4 Å². The maximum absolute atomic E-state index is 12.1. The smallest absolute Gasteiger partial charge is 0.266 e. The first-order valence-electron chi connectivity index (χ1n) is 7.03. The molecule has 1 aromatic heterocycles. The zero-order chi connectivity index (χ0) is 15.9. The second kappa shape index (κ2) is 8.14. The SMILES string of the molecule is CC(C)CSc1nnc(NC(=O)[C@@H](C)Oc2ccccc2)s1. The molecule has 0 spiro atoms. The third-order valence-corrected chi connectivity index (χ3v) is 5.00. The van der Waals surface area contributed by atoms with E-state index >= 15 is 0 Å². The summed E-state index contributed by atoms with van der Waals surface area (Å²) >= 11 is 3.03. The molecular formula is C15H19N3O2S2. The van der Waals surface area contributed by atoms with Gasteiger partial charge in [-0.05, 0) is 25.0 Å². The van der Waals surface area contributed by atoms with Gasteiger partial charge in [-0.3, -0.25) is 10.1 Å². The number of nitrogens with zero attached hydrogens (tertiary/aromatic N) is 2. The first-order chi connectivity index (χ1) is 10.5. The second-order valence-corrected chi connectivity index (χ2v) is 7.39. The molecule has 0 fully saturated rings. The summed E-state index contributed by atoms with van der Waals surface area (Å²) in [6.45, 7) is 6.01. The molecule has 1 amide bonds. The number of carbonyl (C=O) groups excluding carboxylic acids is 1. The Morgan fingerprint density at radius 2 is 2.00 bits per heavy atom. The number of rotatable bonds is 7. The average Bonchev–Trinajstić information content (AvgIpc) is 2.93. The van der Waals surface area contributed by atoms with Gasteiger partial charge in [-0.15, -0.1) is 10.2 Å². The number of para-hydroxylation sites is 1. The van der Waals surface area contributed by atoms with Crippen LogP contribution < -0.4 is 10.1 Å².